The quantitative estimate of drug-likeness (QED) is 0.467. The van der Waals surface area contributed by atoms with E-state index in [0.717, 1.165) is 0 Å². The standard InChI is InChI=1S/C13H10N6O/c14-6-10-11(7-15)19(8-17-10)12(13(20)18-16)9-4-2-1-3-5-9/h1-5,8,12H,16H2,(H,18,20). The fourth-order valence-electron chi connectivity index (χ4n) is 1.90. The summed E-state index contributed by atoms with van der Waals surface area (Å²) in [6.07, 6.45) is 1.28. The van der Waals surface area contributed by atoms with E-state index in [1.54, 1.807) is 30.3 Å². The number of nitrogens with one attached hydrogen (secondary N) is 1. The lowest BCUT2D eigenvalue weighted by molar-refractivity contribution is -0.123. The van der Waals surface area contributed by atoms with Crippen molar-refractivity contribution in [2.24, 2.45) is 5.84 Å². The van der Waals surface area contributed by atoms with E-state index < -0.39 is 11.9 Å². The molecule has 7 nitrogen and oxygen atoms in total. The highest BCUT2D eigenvalue weighted by Gasteiger charge is 2.25. The maximum atomic E-state index is 12.0. The molecule has 1 heterocycles. The van der Waals surface area contributed by atoms with E-state index in [9.17, 15) is 4.79 Å². The first kappa shape index (κ1) is 13.3. The van der Waals surface area contributed by atoms with E-state index in [2.05, 4.69) is 10.4 Å². The third kappa shape index (κ3) is 2.21. The molecule has 0 aliphatic carbocycles. The van der Waals surface area contributed by atoms with Crippen molar-refractivity contribution in [2.45, 2.75) is 6.04 Å². The molecule has 1 aromatic carbocycles. The first-order chi connectivity index (χ1) is 9.72. The summed E-state index contributed by atoms with van der Waals surface area (Å²) in [5.41, 5.74) is 2.68. The summed E-state index contributed by atoms with van der Waals surface area (Å²) >= 11 is 0. The van der Waals surface area contributed by atoms with Gasteiger partial charge in [-0.05, 0) is 5.56 Å². The Kier molecular flexibility index (Phi) is 3.75. The molecule has 2 aromatic rings. The molecule has 1 unspecified atom stereocenters. The average molecular weight is 266 g/mol. The number of hydrogen-bond acceptors (Lipinski definition) is 5. The first-order valence-electron chi connectivity index (χ1n) is 5.65. The molecule has 0 spiro atoms. The number of nitrogens with two attached hydrogens (primary N) is 1. The lowest BCUT2D eigenvalue weighted by atomic mass is 10.1. The molecule has 1 atom stereocenters. The number of benzene rings is 1. The highest BCUT2D eigenvalue weighted by molar-refractivity contribution is 5.83. The van der Waals surface area contributed by atoms with Gasteiger partial charge in [0.25, 0.3) is 5.91 Å². The molecular weight excluding hydrogens is 256 g/mol. The fraction of sp³-hybridized carbons (Fsp3) is 0.0769. The number of nitriles is 2. The molecule has 2 rings (SSSR count). The molecule has 98 valence electrons. The molecule has 3 N–H and O–H groups in total. The Morgan fingerprint density at radius 3 is 2.55 bits per heavy atom. The van der Waals surface area contributed by atoms with Crippen LogP contribution in [0.15, 0.2) is 36.7 Å². The van der Waals surface area contributed by atoms with Crippen LogP contribution in [0.25, 0.3) is 0 Å². The van der Waals surface area contributed by atoms with Crippen molar-refractivity contribution < 1.29 is 4.79 Å². The third-order valence-electron chi connectivity index (χ3n) is 2.79. The van der Waals surface area contributed by atoms with Crippen molar-refractivity contribution in [3.8, 4) is 12.1 Å². The van der Waals surface area contributed by atoms with E-state index in [1.165, 1.54) is 10.9 Å². The van der Waals surface area contributed by atoms with Crippen LogP contribution < -0.4 is 11.3 Å². The Morgan fingerprint density at radius 1 is 1.30 bits per heavy atom. The zero-order valence-electron chi connectivity index (χ0n) is 10.3. The van der Waals surface area contributed by atoms with Crippen LogP contribution in [0.1, 0.15) is 23.0 Å². The van der Waals surface area contributed by atoms with E-state index >= 15 is 0 Å². The van der Waals surface area contributed by atoms with E-state index in [4.69, 9.17) is 16.4 Å². The molecule has 0 saturated heterocycles. The van der Waals surface area contributed by atoms with Crippen LogP contribution in [0.3, 0.4) is 0 Å². The molecule has 20 heavy (non-hydrogen) atoms. The molecule has 1 aromatic heterocycles. The predicted octanol–water partition coefficient (Wildman–Crippen LogP) is 0.206. The van der Waals surface area contributed by atoms with Crippen LogP contribution in [0.5, 0.6) is 0 Å². The van der Waals surface area contributed by atoms with Gasteiger partial charge in [0.1, 0.15) is 18.2 Å². The van der Waals surface area contributed by atoms with Crippen molar-refractivity contribution in [1.29, 1.82) is 10.5 Å². The van der Waals surface area contributed by atoms with Crippen LogP contribution in [0.4, 0.5) is 0 Å². The number of aromatic nitrogens is 2. The van der Waals surface area contributed by atoms with Gasteiger partial charge in [-0.15, -0.1) is 0 Å². The molecule has 0 aliphatic heterocycles. The smallest absolute Gasteiger partial charge is 0.261 e. The molecule has 0 saturated carbocycles. The number of carbonyl (C=O) groups is 1. The van der Waals surface area contributed by atoms with Gasteiger partial charge in [-0.3, -0.25) is 10.2 Å². The number of rotatable bonds is 3. The molecule has 1 amide bonds. The highest BCUT2D eigenvalue weighted by Crippen LogP contribution is 2.21. The van der Waals surface area contributed by atoms with E-state index in [0.29, 0.717) is 5.56 Å². The summed E-state index contributed by atoms with van der Waals surface area (Å²) < 4.78 is 1.33. The SMILES string of the molecule is N#Cc1ncn(C(C(=O)NN)c2ccccc2)c1C#N. The molecule has 0 aliphatic rings. The minimum atomic E-state index is -0.856. The van der Waals surface area contributed by atoms with E-state index in [1.807, 2.05) is 12.1 Å². The van der Waals surface area contributed by atoms with Crippen LogP contribution in [0, 0.1) is 22.7 Å². The maximum Gasteiger partial charge on any atom is 0.261 e. The summed E-state index contributed by atoms with van der Waals surface area (Å²) in [4.78, 5) is 15.8. The van der Waals surface area contributed by atoms with Gasteiger partial charge in [-0.1, -0.05) is 30.3 Å². The lowest BCUT2D eigenvalue weighted by Gasteiger charge is -2.17. The summed E-state index contributed by atoms with van der Waals surface area (Å²) in [7, 11) is 0. The topological polar surface area (TPSA) is 121 Å². The maximum absolute atomic E-state index is 12.0. The number of hydrogen-bond donors (Lipinski definition) is 2. The number of imidazole rings is 1. The minimum Gasteiger partial charge on any atom is -0.304 e. The van der Waals surface area contributed by atoms with Gasteiger partial charge in [0, 0.05) is 0 Å². The van der Waals surface area contributed by atoms with Gasteiger partial charge in [-0.2, -0.15) is 10.5 Å². The average Bonchev–Trinajstić information content (AvgIpc) is 2.91. The van der Waals surface area contributed by atoms with Gasteiger partial charge in [-0.25, -0.2) is 10.8 Å². The van der Waals surface area contributed by atoms with Crippen molar-refractivity contribution in [2.75, 3.05) is 0 Å². The van der Waals surface area contributed by atoms with Crippen molar-refractivity contribution in [3.63, 3.8) is 0 Å². The van der Waals surface area contributed by atoms with Crippen molar-refractivity contribution in [1.82, 2.24) is 15.0 Å². The highest BCUT2D eigenvalue weighted by atomic mass is 16.2. The number of hydrazine groups is 1. The summed E-state index contributed by atoms with van der Waals surface area (Å²) in [5.74, 6) is 4.69. The van der Waals surface area contributed by atoms with Gasteiger partial charge in [0.15, 0.2) is 11.4 Å². The number of carbonyl (C=O) groups excluding carboxylic acids is 1. The largest absolute Gasteiger partial charge is 0.304 e. The van der Waals surface area contributed by atoms with Crippen molar-refractivity contribution in [3.05, 3.63) is 53.6 Å². The third-order valence-corrected chi connectivity index (χ3v) is 2.79. The summed E-state index contributed by atoms with van der Waals surface area (Å²) in [6.45, 7) is 0. The van der Waals surface area contributed by atoms with Gasteiger partial charge in [0.2, 0.25) is 0 Å². The van der Waals surface area contributed by atoms with Gasteiger partial charge >= 0.3 is 0 Å². The second kappa shape index (κ2) is 5.65. The van der Waals surface area contributed by atoms with Crippen LogP contribution >= 0.6 is 0 Å². The predicted molar refractivity (Wildman–Crippen MR) is 68.6 cm³/mol. The van der Waals surface area contributed by atoms with E-state index in [-0.39, 0.29) is 11.4 Å². The number of nitrogens with zero attached hydrogens (tertiary/aromatic N) is 4. The lowest BCUT2D eigenvalue weighted by Crippen LogP contribution is -2.37. The normalized spacial score (nSPS) is 11.2. The monoisotopic (exact) mass is 266 g/mol. The Labute approximate surface area is 114 Å². The molecule has 7 heteroatoms. The second-order valence-electron chi connectivity index (χ2n) is 3.89. The zero-order valence-corrected chi connectivity index (χ0v) is 10.3. The van der Waals surface area contributed by atoms with Crippen molar-refractivity contribution >= 4 is 5.91 Å². The van der Waals surface area contributed by atoms with Crippen LogP contribution in [0.2, 0.25) is 0 Å². The molecule has 0 fully saturated rings. The Balaban J connectivity index is 2.60. The Morgan fingerprint density at radius 2 is 2.00 bits per heavy atom. The second-order valence-corrected chi connectivity index (χ2v) is 3.89. The molecule has 0 radical (unpaired) electrons. The van der Waals surface area contributed by atoms with Crippen LogP contribution in [-0.4, -0.2) is 15.5 Å². The van der Waals surface area contributed by atoms with Gasteiger partial charge in [0.05, 0.1) is 6.33 Å². The summed E-state index contributed by atoms with van der Waals surface area (Å²) in [6, 6.07) is 11.6. The fourth-order valence-corrected chi connectivity index (χ4v) is 1.90. The number of amides is 1. The first-order valence-corrected chi connectivity index (χ1v) is 5.65. The summed E-state index contributed by atoms with van der Waals surface area (Å²) in [5, 5.41) is 18.1. The minimum absolute atomic E-state index is 0.0185. The molecular formula is C13H10N6O. The van der Waals surface area contributed by atoms with Crippen LogP contribution in [-0.2, 0) is 4.79 Å². The Bertz CT molecular complexity index is 707. The molecule has 0 bridgehead atoms. The Hall–Kier alpha value is -3.16. The van der Waals surface area contributed by atoms with Gasteiger partial charge < -0.3 is 4.57 Å². The zero-order chi connectivity index (χ0) is 14.5.